The van der Waals surface area contributed by atoms with Gasteiger partial charge >= 0.3 is 0 Å². The molecule has 1 aromatic heterocycles. The van der Waals surface area contributed by atoms with Gasteiger partial charge in [-0.05, 0) is 27.9 Å². The number of rotatable bonds is 9. The van der Waals surface area contributed by atoms with E-state index in [0.29, 0.717) is 24.5 Å². The van der Waals surface area contributed by atoms with E-state index in [1.807, 2.05) is 19.0 Å². The number of sulfonamides is 2. The first-order chi connectivity index (χ1) is 10.4. The van der Waals surface area contributed by atoms with Crippen molar-refractivity contribution in [3.8, 4) is 0 Å². The summed E-state index contributed by atoms with van der Waals surface area (Å²) in [5.74, 6) is 0. The Morgan fingerprint density at radius 1 is 1.09 bits per heavy atom. The highest BCUT2D eigenvalue weighted by Gasteiger charge is 2.23. The third-order valence-corrected chi connectivity index (χ3v) is 6.27. The van der Waals surface area contributed by atoms with Gasteiger partial charge in [0.25, 0.3) is 0 Å². The van der Waals surface area contributed by atoms with Crippen molar-refractivity contribution in [2.75, 3.05) is 46.5 Å². The molecule has 1 heterocycles. The first kappa shape index (κ1) is 20.0. The molecular weight excluding hydrogens is 342 g/mol. The molecule has 0 aliphatic rings. The number of nitrogens with zero attached hydrogens (tertiary/aromatic N) is 3. The predicted molar refractivity (Wildman–Crippen MR) is 88.2 cm³/mol. The highest BCUT2D eigenvalue weighted by molar-refractivity contribution is 7.89. The van der Waals surface area contributed by atoms with Crippen LogP contribution >= 0.6 is 0 Å². The first-order valence-corrected chi connectivity index (χ1v) is 10.4. The fraction of sp³-hybridized carbons (Fsp3) is 0.750. The molecule has 0 unspecified atom stereocenters. The summed E-state index contributed by atoms with van der Waals surface area (Å²) < 4.78 is 51.8. The van der Waals surface area contributed by atoms with Gasteiger partial charge in [0, 0.05) is 26.2 Å². The quantitative estimate of drug-likeness (QED) is 0.586. The van der Waals surface area contributed by atoms with Crippen molar-refractivity contribution in [3.05, 3.63) is 11.4 Å². The number of aromatic amines is 1. The zero-order chi connectivity index (χ0) is 17.8. The minimum absolute atomic E-state index is 0.00705. The lowest BCUT2D eigenvalue weighted by molar-refractivity contribution is 0.336. The Labute approximate surface area is 138 Å². The highest BCUT2D eigenvalue weighted by Crippen LogP contribution is 2.15. The van der Waals surface area contributed by atoms with Crippen LogP contribution in [0.5, 0.6) is 0 Å². The molecule has 2 N–H and O–H groups in total. The van der Waals surface area contributed by atoms with Gasteiger partial charge < -0.3 is 4.90 Å². The third kappa shape index (κ3) is 5.84. The second-order valence-corrected chi connectivity index (χ2v) is 9.31. The molecule has 0 fully saturated rings. The van der Waals surface area contributed by atoms with Crippen LogP contribution in [0.15, 0.2) is 4.90 Å². The maximum Gasteiger partial charge on any atom is 0.244 e. The Morgan fingerprint density at radius 2 is 1.70 bits per heavy atom. The highest BCUT2D eigenvalue weighted by atomic mass is 32.2. The van der Waals surface area contributed by atoms with Crippen LogP contribution in [-0.4, -0.2) is 82.8 Å². The molecule has 0 amide bonds. The van der Waals surface area contributed by atoms with Gasteiger partial charge in [0.1, 0.15) is 4.90 Å². The van der Waals surface area contributed by atoms with E-state index in [1.54, 1.807) is 13.8 Å². The molecule has 9 nitrogen and oxygen atoms in total. The van der Waals surface area contributed by atoms with Crippen molar-refractivity contribution in [1.29, 1.82) is 0 Å². The number of likely N-dealkylation sites (N-methyl/N-ethyl adjacent to an activating group) is 1. The van der Waals surface area contributed by atoms with Gasteiger partial charge in [0.15, 0.2) is 0 Å². The van der Waals surface area contributed by atoms with E-state index in [1.165, 1.54) is 4.31 Å². The van der Waals surface area contributed by atoms with Gasteiger partial charge in [-0.3, -0.25) is 5.10 Å². The van der Waals surface area contributed by atoms with Gasteiger partial charge in [-0.25, -0.2) is 21.6 Å². The van der Waals surface area contributed by atoms with Crippen LogP contribution in [0, 0.1) is 13.8 Å². The van der Waals surface area contributed by atoms with Crippen LogP contribution in [0.2, 0.25) is 0 Å². The summed E-state index contributed by atoms with van der Waals surface area (Å²) in [4.78, 5) is 1.97. The first-order valence-electron chi connectivity index (χ1n) is 7.06. The molecule has 0 saturated carbocycles. The summed E-state index contributed by atoms with van der Waals surface area (Å²) in [5, 5.41) is 6.48. The average Bonchev–Trinajstić information content (AvgIpc) is 2.71. The van der Waals surface area contributed by atoms with Crippen molar-refractivity contribution in [3.63, 3.8) is 0 Å². The van der Waals surface area contributed by atoms with E-state index >= 15 is 0 Å². The summed E-state index contributed by atoms with van der Waals surface area (Å²) >= 11 is 0. The van der Waals surface area contributed by atoms with Crippen LogP contribution in [0.1, 0.15) is 11.4 Å². The molecule has 0 radical (unpaired) electrons. The molecule has 0 aromatic carbocycles. The molecule has 0 aliphatic heterocycles. The van der Waals surface area contributed by atoms with Crippen LogP contribution in [0.4, 0.5) is 0 Å². The van der Waals surface area contributed by atoms with Crippen LogP contribution in [-0.2, 0) is 20.0 Å². The summed E-state index contributed by atoms with van der Waals surface area (Å²) in [6.45, 7) is 4.14. The van der Waals surface area contributed by atoms with E-state index in [9.17, 15) is 16.8 Å². The number of aryl methyl sites for hydroxylation is 2. The van der Waals surface area contributed by atoms with Gasteiger partial charge in [0.05, 0.1) is 17.6 Å². The number of hydrogen-bond acceptors (Lipinski definition) is 6. The van der Waals surface area contributed by atoms with Crippen LogP contribution < -0.4 is 4.72 Å². The van der Waals surface area contributed by atoms with Gasteiger partial charge in [-0.15, -0.1) is 0 Å². The fourth-order valence-electron chi connectivity index (χ4n) is 2.07. The number of aromatic nitrogens is 2. The largest absolute Gasteiger partial charge is 0.308 e. The van der Waals surface area contributed by atoms with E-state index in [2.05, 4.69) is 14.9 Å². The maximum atomic E-state index is 12.3. The van der Waals surface area contributed by atoms with Crippen molar-refractivity contribution in [1.82, 2.24) is 24.1 Å². The molecule has 134 valence electrons. The minimum Gasteiger partial charge on any atom is -0.308 e. The van der Waals surface area contributed by atoms with E-state index < -0.39 is 20.0 Å². The third-order valence-electron chi connectivity index (χ3n) is 3.25. The Bertz CT molecular complexity index is 705. The molecule has 0 bridgehead atoms. The maximum absolute atomic E-state index is 12.3. The van der Waals surface area contributed by atoms with E-state index in [4.69, 9.17) is 0 Å². The van der Waals surface area contributed by atoms with Crippen LogP contribution in [0.3, 0.4) is 0 Å². The molecule has 0 spiro atoms. The van der Waals surface area contributed by atoms with Gasteiger partial charge in [-0.2, -0.15) is 9.40 Å². The second kappa shape index (κ2) is 7.71. The Morgan fingerprint density at radius 3 is 2.13 bits per heavy atom. The topological polar surface area (TPSA) is 115 Å². The Balaban J connectivity index is 2.73. The van der Waals surface area contributed by atoms with Crippen molar-refractivity contribution in [2.24, 2.45) is 0 Å². The standard InChI is InChI=1S/C12H25N5O4S2/c1-10-12(11(2)15-14-10)23(20,21)13-6-7-17(22(5,18)19)9-8-16(3)4/h13H,6-9H2,1-5H3,(H,14,15). The smallest absolute Gasteiger partial charge is 0.244 e. The van der Waals surface area contributed by atoms with E-state index in [-0.39, 0.29) is 18.0 Å². The molecule has 1 aromatic rings. The summed E-state index contributed by atoms with van der Waals surface area (Å²) in [5.41, 5.74) is 0.824. The average molecular weight is 367 g/mol. The summed E-state index contributed by atoms with van der Waals surface area (Å²) in [6.07, 6.45) is 1.11. The Kier molecular flexibility index (Phi) is 6.71. The lowest BCUT2D eigenvalue weighted by Crippen LogP contribution is -2.41. The minimum atomic E-state index is -3.73. The lowest BCUT2D eigenvalue weighted by atomic mass is 10.4. The zero-order valence-electron chi connectivity index (χ0n) is 14.1. The fourth-order valence-corrected chi connectivity index (χ4v) is 4.29. The summed E-state index contributed by atoms with van der Waals surface area (Å²) in [7, 11) is -3.44. The molecular formula is C12H25N5O4S2. The molecule has 0 saturated heterocycles. The number of H-pyrrole nitrogens is 1. The molecule has 1 rings (SSSR count). The van der Waals surface area contributed by atoms with Crippen molar-refractivity contribution in [2.45, 2.75) is 18.7 Å². The van der Waals surface area contributed by atoms with Crippen molar-refractivity contribution < 1.29 is 16.8 Å². The monoisotopic (exact) mass is 367 g/mol. The summed E-state index contributed by atoms with van der Waals surface area (Å²) in [6, 6.07) is 0. The van der Waals surface area contributed by atoms with Crippen LogP contribution in [0.25, 0.3) is 0 Å². The SMILES string of the molecule is Cc1n[nH]c(C)c1S(=O)(=O)NCCN(CCN(C)C)S(C)(=O)=O. The number of nitrogens with one attached hydrogen (secondary N) is 2. The van der Waals surface area contributed by atoms with Gasteiger partial charge in [0.2, 0.25) is 20.0 Å². The Hall–Kier alpha value is -1.01. The van der Waals surface area contributed by atoms with Crippen molar-refractivity contribution >= 4 is 20.0 Å². The zero-order valence-corrected chi connectivity index (χ0v) is 15.8. The second-order valence-electron chi connectivity index (χ2n) is 5.63. The van der Waals surface area contributed by atoms with Gasteiger partial charge in [-0.1, -0.05) is 0 Å². The normalized spacial score (nSPS) is 13.2. The molecule has 0 aliphatic carbocycles. The predicted octanol–water partition coefficient (Wildman–Crippen LogP) is -0.872. The molecule has 11 heteroatoms. The molecule has 0 atom stereocenters. The number of hydrogen-bond donors (Lipinski definition) is 2. The van der Waals surface area contributed by atoms with E-state index in [0.717, 1.165) is 6.26 Å². The lowest BCUT2D eigenvalue weighted by Gasteiger charge is -2.22. The molecule has 23 heavy (non-hydrogen) atoms.